The molecule has 0 unspecified atom stereocenters. The number of halogens is 2. The molecule has 6 nitrogen and oxygen atoms in total. The van der Waals surface area contributed by atoms with Crippen molar-refractivity contribution in [2.45, 2.75) is 6.92 Å². The number of carbonyl (C=O) groups excluding carboxylic acids is 2. The number of piperazine rings is 1. The quantitative estimate of drug-likeness (QED) is 0.451. The van der Waals surface area contributed by atoms with E-state index in [9.17, 15) is 9.59 Å². The van der Waals surface area contributed by atoms with Gasteiger partial charge in [0.15, 0.2) is 5.11 Å². The van der Waals surface area contributed by atoms with Crippen LogP contribution >= 0.6 is 39.7 Å². The van der Waals surface area contributed by atoms with E-state index in [1.54, 1.807) is 19.1 Å². The number of thiocarbonyl (C=S) groups is 1. The number of rotatable bonds is 3. The molecule has 1 aliphatic heterocycles. The van der Waals surface area contributed by atoms with Gasteiger partial charge >= 0.3 is 0 Å². The molecular weight excluding hydrogens is 524 g/mol. The fraction of sp³-hybridized carbons (Fsp3) is 0.208. The number of benzene rings is 3. The molecule has 0 aliphatic carbocycles. The van der Waals surface area contributed by atoms with Crippen molar-refractivity contribution in [1.82, 2.24) is 10.2 Å². The molecule has 0 radical (unpaired) electrons. The van der Waals surface area contributed by atoms with Gasteiger partial charge in [0.1, 0.15) is 0 Å². The van der Waals surface area contributed by atoms with E-state index in [2.05, 4.69) is 31.5 Å². The van der Waals surface area contributed by atoms with Gasteiger partial charge in [0, 0.05) is 48.8 Å². The Balaban J connectivity index is 1.41. The maximum atomic E-state index is 12.9. The maximum absolute atomic E-state index is 12.9. The average Bonchev–Trinajstić information content (AvgIpc) is 2.79. The minimum Gasteiger partial charge on any atom is -0.367 e. The first-order valence-corrected chi connectivity index (χ1v) is 12.0. The van der Waals surface area contributed by atoms with Crippen molar-refractivity contribution in [2.75, 3.05) is 36.4 Å². The number of carbonyl (C=O) groups is 2. The lowest BCUT2D eigenvalue weighted by Crippen LogP contribution is -2.48. The molecule has 0 spiro atoms. The Morgan fingerprint density at radius 3 is 2.39 bits per heavy atom. The second-order valence-electron chi connectivity index (χ2n) is 7.71. The highest BCUT2D eigenvalue weighted by Crippen LogP contribution is 2.30. The Bertz CT molecular complexity index is 1240. The molecule has 3 aromatic rings. The summed E-state index contributed by atoms with van der Waals surface area (Å²) < 4.78 is 0.924. The number of fused-ring (bicyclic) bond motifs is 1. The number of amides is 2. The summed E-state index contributed by atoms with van der Waals surface area (Å²) in [7, 11) is 0. The van der Waals surface area contributed by atoms with Gasteiger partial charge in [0.25, 0.3) is 5.91 Å². The van der Waals surface area contributed by atoms with E-state index in [-0.39, 0.29) is 16.9 Å². The number of anilines is 2. The van der Waals surface area contributed by atoms with E-state index in [0.29, 0.717) is 29.4 Å². The molecule has 0 saturated carbocycles. The molecule has 170 valence electrons. The Kier molecular flexibility index (Phi) is 7.17. The molecule has 0 aromatic heterocycles. The number of hydrogen-bond acceptors (Lipinski definition) is 4. The van der Waals surface area contributed by atoms with Crippen molar-refractivity contribution in [1.29, 1.82) is 0 Å². The van der Waals surface area contributed by atoms with Gasteiger partial charge < -0.3 is 15.1 Å². The van der Waals surface area contributed by atoms with Crippen LogP contribution in [0.4, 0.5) is 11.4 Å². The topological polar surface area (TPSA) is 64.7 Å². The molecule has 2 amide bonds. The summed E-state index contributed by atoms with van der Waals surface area (Å²) >= 11 is 15.4. The van der Waals surface area contributed by atoms with Crippen LogP contribution in [0.15, 0.2) is 59.1 Å². The van der Waals surface area contributed by atoms with Crippen LogP contribution < -0.4 is 15.5 Å². The Morgan fingerprint density at radius 1 is 1.00 bits per heavy atom. The molecule has 1 fully saturated rings. The van der Waals surface area contributed by atoms with Crippen LogP contribution in [0.5, 0.6) is 0 Å². The molecular formula is C24H22BrClN4O2S. The summed E-state index contributed by atoms with van der Waals surface area (Å²) in [5.41, 5.74) is 2.12. The first-order valence-electron chi connectivity index (χ1n) is 10.4. The molecule has 3 aromatic carbocycles. The van der Waals surface area contributed by atoms with E-state index in [1.807, 2.05) is 47.4 Å². The predicted molar refractivity (Wildman–Crippen MR) is 141 cm³/mol. The normalized spacial score (nSPS) is 13.7. The lowest BCUT2D eigenvalue weighted by molar-refractivity contribution is -0.129. The smallest absolute Gasteiger partial charge is 0.258 e. The van der Waals surface area contributed by atoms with Crippen LogP contribution in [0.25, 0.3) is 10.8 Å². The van der Waals surface area contributed by atoms with E-state index in [0.717, 1.165) is 34.0 Å². The first-order chi connectivity index (χ1) is 15.8. The summed E-state index contributed by atoms with van der Waals surface area (Å²) in [6.45, 7) is 4.38. The largest absolute Gasteiger partial charge is 0.367 e. The van der Waals surface area contributed by atoms with Crippen molar-refractivity contribution in [2.24, 2.45) is 0 Å². The van der Waals surface area contributed by atoms with Gasteiger partial charge in [-0.15, -0.1) is 0 Å². The van der Waals surface area contributed by atoms with E-state index in [4.69, 9.17) is 23.8 Å². The minimum absolute atomic E-state index is 0.0898. The molecule has 0 bridgehead atoms. The Hall–Kier alpha value is -2.68. The lowest BCUT2D eigenvalue weighted by atomic mass is 10.0. The maximum Gasteiger partial charge on any atom is 0.258 e. The first kappa shape index (κ1) is 23.5. The van der Waals surface area contributed by atoms with Crippen molar-refractivity contribution in [3.05, 3.63) is 69.7 Å². The third-order valence-electron chi connectivity index (χ3n) is 5.61. The zero-order valence-electron chi connectivity index (χ0n) is 17.9. The Morgan fingerprint density at radius 2 is 1.70 bits per heavy atom. The van der Waals surface area contributed by atoms with Gasteiger partial charge in [-0.05, 0) is 53.3 Å². The van der Waals surface area contributed by atoms with Crippen LogP contribution in [-0.4, -0.2) is 48.0 Å². The van der Waals surface area contributed by atoms with Gasteiger partial charge in [-0.2, -0.15) is 0 Å². The zero-order valence-corrected chi connectivity index (χ0v) is 21.1. The summed E-state index contributed by atoms with van der Waals surface area (Å²) in [6, 6.07) is 16.9. The highest BCUT2D eigenvalue weighted by Gasteiger charge is 2.20. The van der Waals surface area contributed by atoms with E-state index >= 15 is 0 Å². The van der Waals surface area contributed by atoms with Crippen LogP contribution in [0.2, 0.25) is 5.02 Å². The standard InChI is InChI=1S/C24H22BrClN4O2S/c1-15(31)29-10-12-30(13-11-29)22-9-8-16(14-21(22)26)27-24(33)28-23(32)19-6-2-5-18-17(19)4-3-7-20(18)25/h2-9,14H,10-13H2,1H3,(H2,27,28,32,33). The number of hydrogen-bond donors (Lipinski definition) is 2. The zero-order chi connectivity index (χ0) is 23.5. The second-order valence-corrected chi connectivity index (χ2v) is 9.38. The number of nitrogens with zero attached hydrogens (tertiary/aromatic N) is 2. The van der Waals surface area contributed by atoms with Crippen LogP contribution in [0.3, 0.4) is 0 Å². The lowest BCUT2D eigenvalue weighted by Gasteiger charge is -2.36. The second kappa shape index (κ2) is 10.1. The van der Waals surface area contributed by atoms with Gasteiger partial charge in [-0.25, -0.2) is 0 Å². The van der Waals surface area contributed by atoms with Gasteiger partial charge in [0.2, 0.25) is 5.91 Å². The summed E-state index contributed by atoms with van der Waals surface area (Å²) in [6.07, 6.45) is 0. The van der Waals surface area contributed by atoms with Crippen LogP contribution in [0, 0.1) is 0 Å². The summed E-state index contributed by atoms with van der Waals surface area (Å²) in [4.78, 5) is 28.4. The molecule has 4 rings (SSSR count). The molecule has 1 heterocycles. The summed E-state index contributed by atoms with van der Waals surface area (Å²) in [5, 5.41) is 8.32. The molecule has 33 heavy (non-hydrogen) atoms. The van der Waals surface area contributed by atoms with Crippen molar-refractivity contribution >= 4 is 78.8 Å². The molecule has 1 saturated heterocycles. The molecule has 2 N–H and O–H groups in total. The number of nitrogens with one attached hydrogen (secondary N) is 2. The monoisotopic (exact) mass is 544 g/mol. The van der Waals surface area contributed by atoms with E-state index in [1.165, 1.54) is 0 Å². The van der Waals surface area contributed by atoms with Crippen LogP contribution in [0.1, 0.15) is 17.3 Å². The highest BCUT2D eigenvalue weighted by atomic mass is 79.9. The average molecular weight is 546 g/mol. The third-order valence-corrected chi connectivity index (χ3v) is 6.81. The minimum atomic E-state index is -0.290. The Labute approximate surface area is 211 Å². The van der Waals surface area contributed by atoms with Gasteiger partial charge in [-0.3, -0.25) is 14.9 Å². The predicted octanol–water partition coefficient (Wildman–Crippen LogP) is 5.05. The van der Waals surface area contributed by atoms with Crippen molar-refractivity contribution in [3.63, 3.8) is 0 Å². The molecule has 0 atom stereocenters. The fourth-order valence-corrected chi connectivity index (χ4v) is 4.91. The van der Waals surface area contributed by atoms with Crippen molar-refractivity contribution in [3.8, 4) is 0 Å². The fourth-order valence-electron chi connectivity index (χ4n) is 3.91. The third kappa shape index (κ3) is 5.29. The van der Waals surface area contributed by atoms with E-state index < -0.39 is 0 Å². The molecule has 1 aliphatic rings. The highest BCUT2D eigenvalue weighted by molar-refractivity contribution is 9.10. The van der Waals surface area contributed by atoms with Crippen LogP contribution in [-0.2, 0) is 4.79 Å². The van der Waals surface area contributed by atoms with Crippen molar-refractivity contribution < 1.29 is 9.59 Å². The molecule has 9 heteroatoms. The SMILES string of the molecule is CC(=O)N1CCN(c2ccc(NC(=S)NC(=O)c3cccc4c(Br)cccc34)cc2Cl)CC1. The summed E-state index contributed by atoms with van der Waals surface area (Å²) in [5.74, 6) is -0.200. The van der Waals surface area contributed by atoms with Gasteiger partial charge in [-0.1, -0.05) is 51.8 Å². The van der Waals surface area contributed by atoms with Gasteiger partial charge in [0.05, 0.1) is 10.7 Å².